The first kappa shape index (κ1) is 21.0. The molecule has 2 aromatic heterocycles. The van der Waals surface area contributed by atoms with Crippen molar-refractivity contribution in [1.82, 2.24) is 29.6 Å². The molecule has 0 radical (unpaired) electrons. The molecule has 160 valence electrons. The highest BCUT2D eigenvalue weighted by Gasteiger charge is 2.34. The fraction of sp³-hybridized carbons (Fsp3) is 0.273. The van der Waals surface area contributed by atoms with Crippen LogP contribution in [0.1, 0.15) is 31.8 Å². The zero-order valence-electron chi connectivity index (χ0n) is 17.9. The first-order chi connectivity index (χ1) is 14.9. The lowest BCUT2D eigenvalue weighted by molar-refractivity contribution is 0.474. The summed E-state index contributed by atoms with van der Waals surface area (Å²) in [6.07, 6.45) is 0.670. The molecule has 4 aromatic rings. The van der Waals surface area contributed by atoms with Crippen LogP contribution in [0.4, 0.5) is 5.69 Å². The number of anilines is 1. The Kier molecular flexibility index (Phi) is 5.53. The Bertz CT molecular complexity index is 1260. The van der Waals surface area contributed by atoms with Gasteiger partial charge in [-0.2, -0.15) is 4.68 Å². The number of aromatic nitrogens is 6. The smallest absolute Gasteiger partial charge is 0.295 e. The van der Waals surface area contributed by atoms with Crippen molar-refractivity contribution in [2.45, 2.75) is 32.7 Å². The lowest BCUT2D eigenvalue weighted by Crippen LogP contribution is -2.36. The second-order valence-electron chi connectivity index (χ2n) is 7.64. The molecule has 0 aliphatic rings. The first-order valence-corrected chi connectivity index (χ1v) is 10.8. The van der Waals surface area contributed by atoms with Crippen molar-refractivity contribution in [3.05, 3.63) is 80.9 Å². The van der Waals surface area contributed by atoms with Gasteiger partial charge in [0.1, 0.15) is 5.69 Å². The molecule has 1 N–H and O–H groups in total. The maximum absolute atomic E-state index is 13.4. The molecular weight excluding hydrogens is 458 g/mol. The van der Waals surface area contributed by atoms with Gasteiger partial charge in [0.15, 0.2) is 5.82 Å². The summed E-state index contributed by atoms with van der Waals surface area (Å²) < 4.78 is 6.19. The first-order valence-electron chi connectivity index (χ1n) is 10.0. The SMILES string of the molecule is CC[C@@](C)(Nc1c(C)n(C)n(-c2ccccc2)c1=O)c1nnnn1-c1ccc(Br)cc1. The van der Waals surface area contributed by atoms with E-state index in [-0.39, 0.29) is 5.56 Å². The Labute approximate surface area is 188 Å². The number of benzene rings is 2. The van der Waals surface area contributed by atoms with E-state index in [9.17, 15) is 4.79 Å². The number of nitrogens with one attached hydrogen (secondary N) is 1. The number of rotatable bonds is 6. The maximum Gasteiger partial charge on any atom is 0.295 e. The van der Waals surface area contributed by atoms with Crippen LogP contribution in [0.3, 0.4) is 0 Å². The average Bonchev–Trinajstić information content (AvgIpc) is 3.35. The molecule has 0 amide bonds. The fourth-order valence-electron chi connectivity index (χ4n) is 3.58. The summed E-state index contributed by atoms with van der Waals surface area (Å²) in [5, 5.41) is 15.9. The molecule has 2 aromatic carbocycles. The highest BCUT2D eigenvalue weighted by molar-refractivity contribution is 9.10. The predicted octanol–water partition coefficient (Wildman–Crippen LogP) is 3.96. The average molecular weight is 482 g/mol. The molecule has 0 saturated heterocycles. The van der Waals surface area contributed by atoms with E-state index >= 15 is 0 Å². The molecule has 0 aliphatic heterocycles. The molecule has 0 unspecified atom stereocenters. The summed E-state index contributed by atoms with van der Waals surface area (Å²) in [6.45, 7) is 5.98. The van der Waals surface area contributed by atoms with Gasteiger partial charge >= 0.3 is 0 Å². The van der Waals surface area contributed by atoms with Gasteiger partial charge in [-0.15, -0.1) is 5.10 Å². The van der Waals surface area contributed by atoms with Gasteiger partial charge in [0.25, 0.3) is 5.56 Å². The number of para-hydroxylation sites is 1. The van der Waals surface area contributed by atoms with Gasteiger partial charge in [-0.3, -0.25) is 9.48 Å². The van der Waals surface area contributed by atoms with Gasteiger partial charge in [-0.25, -0.2) is 4.68 Å². The van der Waals surface area contributed by atoms with Crippen molar-refractivity contribution < 1.29 is 0 Å². The Morgan fingerprint density at radius 3 is 2.39 bits per heavy atom. The monoisotopic (exact) mass is 481 g/mol. The van der Waals surface area contributed by atoms with Crippen LogP contribution < -0.4 is 10.9 Å². The van der Waals surface area contributed by atoms with E-state index in [1.807, 2.05) is 87.1 Å². The largest absolute Gasteiger partial charge is 0.367 e. The van der Waals surface area contributed by atoms with Gasteiger partial charge < -0.3 is 5.32 Å². The van der Waals surface area contributed by atoms with Crippen molar-refractivity contribution in [3.8, 4) is 11.4 Å². The predicted molar refractivity (Wildman–Crippen MR) is 124 cm³/mol. The second kappa shape index (κ2) is 8.14. The van der Waals surface area contributed by atoms with Crippen molar-refractivity contribution >= 4 is 21.6 Å². The standard InChI is InChI=1S/C22H24BrN7O/c1-5-22(3,21-25-26-27-29(21)17-13-11-16(23)12-14-17)24-19-15(2)28(4)30(20(19)31)18-9-7-6-8-10-18/h6-14,24H,5H2,1-4H3/t22-/m1/s1. The van der Waals surface area contributed by atoms with Gasteiger partial charge in [-0.1, -0.05) is 41.1 Å². The Morgan fingerprint density at radius 2 is 1.74 bits per heavy atom. The van der Waals surface area contributed by atoms with E-state index in [0.717, 1.165) is 21.5 Å². The minimum absolute atomic E-state index is 0.117. The molecule has 0 fully saturated rings. The third kappa shape index (κ3) is 3.69. The number of hydrogen-bond donors (Lipinski definition) is 1. The Morgan fingerprint density at radius 1 is 1.06 bits per heavy atom. The Hall–Kier alpha value is -3.20. The minimum atomic E-state index is -0.670. The summed E-state index contributed by atoms with van der Waals surface area (Å²) in [7, 11) is 1.88. The van der Waals surface area contributed by atoms with Crippen molar-refractivity contribution in [2.24, 2.45) is 7.05 Å². The zero-order valence-corrected chi connectivity index (χ0v) is 19.5. The lowest BCUT2D eigenvalue weighted by atomic mass is 9.97. The van der Waals surface area contributed by atoms with Crippen LogP contribution in [0, 0.1) is 6.92 Å². The van der Waals surface area contributed by atoms with Crippen LogP contribution in [0.5, 0.6) is 0 Å². The van der Waals surface area contributed by atoms with Crippen LogP contribution in [-0.4, -0.2) is 29.6 Å². The van der Waals surface area contributed by atoms with E-state index in [0.29, 0.717) is 17.9 Å². The highest BCUT2D eigenvalue weighted by atomic mass is 79.9. The third-order valence-corrected chi connectivity index (χ3v) is 6.23. The molecule has 1 atom stereocenters. The number of hydrogen-bond acceptors (Lipinski definition) is 5. The summed E-state index contributed by atoms with van der Waals surface area (Å²) in [5.74, 6) is 0.631. The van der Waals surface area contributed by atoms with Crippen LogP contribution in [0.25, 0.3) is 11.4 Å². The van der Waals surface area contributed by atoms with E-state index < -0.39 is 5.54 Å². The summed E-state index contributed by atoms with van der Waals surface area (Å²) in [4.78, 5) is 13.4. The fourth-order valence-corrected chi connectivity index (χ4v) is 3.84. The van der Waals surface area contributed by atoms with Gasteiger partial charge in [0.05, 0.1) is 22.6 Å². The molecule has 31 heavy (non-hydrogen) atoms. The summed E-state index contributed by atoms with van der Waals surface area (Å²) in [6, 6.07) is 17.4. The molecule has 9 heteroatoms. The molecule has 8 nitrogen and oxygen atoms in total. The molecule has 0 spiro atoms. The van der Waals surface area contributed by atoms with Gasteiger partial charge in [0.2, 0.25) is 0 Å². The lowest BCUT2D eigenvalue weighted by Gasteiger charge is -2.28. The molecule has 0 aliphatic carbocycles. The van der Waals surface area contributed by atoms with Crippen LogP contribution in [-0.2, 0) is 12.6 Å². The summed E-state index contributed by atoms with van der Waals surface area (Å²) >= 11 is 3.46. The van der Waals surface area contributed by atoms with Crippen molar-refractivity contribution in [1.29, 1.82) is 0 Å². The van der Waals surface area contributed by atoms with Crippen LogP contribution in [0.2, 0.25) is 0 Å². The molecule has 2 heterocycles. The summed E-state index contributed by atoms with van der Waals surface area (Å²) in [5.41, 5.74) is 2.22. The molecule has 4 rings (SSSR count). The third-order valence-electron chi connectivity index (χ3n) is 5.70. The van der Waals surface area contributed by atoms with Crippen molar-refractivity contribution in [2.75, 3.05) is 5.32 Å². The number of nitrogens with zero attached hydrogens (tertiary/aromatic N) is 6. The topological polar surface area (TPSA) is 82.6 Å². The van der Waals surface area contributed by atoms with E-state index in [1.165, 1.54) is 0 Å². The zero-order chi connectivity index (χ0) is 22.2. The minimum Gasteiger partial charge on any atom is -0.367 e. The normalized spacial score (nSPS) is 13.2. The molecule has 0 bridgehead atoms. The van der Waals surface area contributed by atoms with E-state index in [2.05, 4.69) is 36.8 Å². The molecular formula is C22H24BrN7O. The Balaban J connectivity index is 1.78. The van der Waals surface area contributed by atoms with Gasteiger partial charge in [0, 0.05) is 11.5 Å². The van der Waals surface area contributed by atoms with Crippen LogP contribution >= 0.6 is 15.9 Å². The van der Waals surface area contributed by atoms with Gasteiger partial charge in [-0.05, 0) is 67.1 Å². The quantitative estimate of drug-likeness (QED) is 0.450. The second-order valence-corrected chi connectivity index (χ2v) is 8.55. The van der Waals surface area contributed by atoms with Crippen molar-refractivity contribution in [3.63, 3.8) is 0 Å². The number of tetrazole rings is 1. The maximum atomic E-state index is 13.4. The molecule has 0 saturated carbocycles. The van der Waals surface area contributed by atoms with E-state index in [1.54, 1.807) is 9.36 Å². The number of halogens is 1. The highest BCUT2D eigenvalue weighted by Crippen LogP contribution is 2.29. The van der Waals surface area contributed by atoms with Crippen LogP contribution in [0.15, 0.2) is 63.9 Å². The van der Waals surface area contributed by atoms with E-state index in [4.69, 9.17) is 0 Å².